The molecular formula is C19H30N2O2. The van der Waals surface area contributed by atoms with Gasteiger partial charge in [0.2, 0.25) is 0 Å². The smallest absolute Gasteiger partial charge is 0.315 e. The van der Waals surface area contributed by atoms with Crippen molar-refractivity contribution in [2.75, 3.05) is 6.54 Å². The predicted octanol–water partition coefficient (Wildman–Crippen LogP) is 3.94. The third kappa shape index (κ3) is 5.87. The first-order valence-electron chi connectivity index (χ1n) is 8.78. The van der Waals surface area contributed by atoms with Crippen LogP contribution in [0.2, 0.25) is 0 Å². The number of ether oxygens (including phenoxy) is 1. The average Bonchev–Trinajstić information content (AvgIpc) is 2.54. The van der Waals surface area contributed by atoms with E-state index < -0.39 is 0 Å². The van der Waals surface area contributed by atoms with Crippen LogP contribution in [-0.4, -0.2) is 29.6 Å². The summed E-state index contributed by atoms with van der Waals surface area (Å²) in [7, 11) is 0. The molecule has 2 N–H and O–H groups in total. The third-order valence-corrected chi connectivity index (χ3v) is 4.64. The standard InChI is InChI=1S/C19H30N2O2/c1-15(2)12-13-21(19(20)22)17-8-10-18(11-9-17)23-14-16-6-4-3-5-7-16/h3-7,15,17-18H,8-14H2,1-2H3,(H2,20,22)/t17-,18-. The highest BCUT2D eigenvalue weighted by Crippen LogP contribution is 2.26. The summed E-state index contributed by atoms with van der Waals surface area (Å²) in [5, 5.41) is 0. The van der Waals surface area contributed by atoms with E-state index >= 15 is 0 Å². The van der Waals surface area contributed by atoms with Crippen LogP contribution in [0.25, 0.3) is 0 Å². The second kappa shape index (κ2) is 8.92. The highest BCUT2D eigenvalue weighted by Gasteiger charge is 2.28. The molecule has 1 aliphatic carbocycles. The van der Waals surface area contributed by atoms with Crippen molar-refractivity contribution in [3.05, 3.63) is 35.9 Å². The molecule has 1 saturated carbocycles. The Bertz CT molecular complexity index is 468. The zero-order valence-corrected chi connectivity index (χ0v) is 14.4. The van der Waals surface area contributed by atoms with Crippen LogP contribution in [0.3, 0.4) is 0 Å². The van der Waals surface area contributed by atoms with Crippen molar-refractivity contribution in [2.45, 2.75) is 64.7 Å². The summed E-state index contributed by atoms with van der Waals surface area (Å²) < 4.78 is 6.02. The number of benzene rings is 1. The van der Waals surface area contributed by atoms with E-state index in [0.29, 0.717) is 18.6 Å². The van der Waals surface area contributed by atoms with Gasteiger partial charge in [-0.2, -0.15) is 0 Å². The molecular weight excluding hydrogens is 288 g/mol. The topological polar surface area (TPSA) is 55.6 Å². The molecule has 0 saturated heterocycles. The molecule has 0 atom stereocenters. The number of primary amides is 1. The molecule has 23 heavy (non-hydrogen) atoms. The van der Waals surface area contributed by atoms with Crippen molar-refractivity contribution in [3.8, 4) is 0 Å². The summed E-state index contributed by atoms with van der Waals surface area (Å²) >= 11 is 0. The fourth-order valence-corrected chi connectivity index (χ4v) is 3.18. The van der Waals surface area contributed by atoms with Gasteiger partial charge in [-0.25, -0.2) is 4.79 Å². The molecule has 0 aromatic heterocycles. The lowest BCUT2D eigenvalue weighted by molar-refractivity contribution is 0.00203. The van der Waals surface area contributed by atoms with E-state index in [2.05, 4.69) is 26.0 Å². The zero-order chi connectivity index (χ0) is 16.7. The normalized spacial score (nSPS) is 21.3. The SMILES string of the molecule is CC(C)CCN(C(N)=O)[C@H]1CC[C@H](OCc2ccccc2)CC1. The summed E-state index contributed by atoms with van der Waals surface area (Å²) in [6, 6.07) is 10.3. The Morgan fingerprint density at radius 2 is 1.87 bits per heavy atom. The molecule has 1 aliphatic rings. The van der Waals surface area contributed by atoms with E-state index in [-0.39, 0.29) is 12.1 Å². The van der Waals surface area contributed by atoms with Crippen LogP contribution in [-0.2, 0) is 11.3 Å². The summed E-state index contributed by atoms with van der Waals surface area (Å²) in [5.41, 5.74) is 6.79. The number of rotatable bonds is 7. The Balaban J connectivity index is 1.76. The minimum atomic E-state index is -0.278. The van der Waals surface area contributed by atoms with Gasteiger partial charge in [0.25, 0.3) is 0 Å². The maximum Gasteiger partial charge on any atom is 0.315 e. The molecule has 1 fully saturated rings. The fourth-order valence-electron chi connectivity index (χ4n) is 3.18. The van der Waals surface area contributed by atoms with E-state index in [4.69, 9.17) is 10.5 Å². The van der Waals surface area contributed by atoms with Gasteiger partial charge in [-0.1, -0.05) is 44.2 Å². The van der Waals surface area contributed by atoms with E-state index in [1.165, 1.54) is 5.56 Å². The third-order valence-electron chi connectivity index (χ3n) is 4.64. The van der Waals surface area contributed by atoms with Gasteiger partial charge in [0.15, 0.2) is 0 Å². The molecule has 0 aliphatic heterocycles. The molecule has 128 valence electrons. The largest absolute Gasteiger partial charge is 0.374 e. The number of nitrogens with two attached hydrogens (primary N) is 1. The molecule has 4 heteroatoms. The predicted molar refractivity (Wildman–Crippen MR) is 93.0 cm³/mol. The molecule has 0 unspecified atom stereocenters. The number of amides is 2. The minimum Gasteiger partial charge on any atom is -0.374 e. The fraction of sp³-hybridized carbons (Fsp3) is 0.632. The van der Waals surface area contributed by atoms with Crippen LogP contribution in [0.15, 0.2) is 30.3 Å². The summed E-state index contributed by atoms with van der Waals surface area (Å²) in [5.74, 6) is 0.586. The molecule has 2 amide bonds. The van der Waals surface area contributed by atoms with Crippen LogP contribution >= 0.6 is 0 Å². The van der Waals surface area contributed by atoms with Crippen molar-refractivity contribution >= 4 is 6.03 Å². The van der Waals surface area contributed by atoms with Crippen molar-refractivity contribution in [3.63, 3.8) is 0 Å². The molecule has 0 radical (unpaired) electrons. The Morgan fingerprint density at radius 1 is 1.22 bits per heavy atom. The molecule has 1 aromatic rings. The van der Waals surface area contributed by atoms with Crippen LogP contribution in [0, 0.1) is 5.92 Å². The van der Waals surface area contributed by atoms with Crippen molar-refractivity contribution < 1.29 is 9.53 Å². The molecule has 0 bridgehead atoms. The van der Waals surface area contributed by atoms with Crippen molar-refractivity contribution in [1.29, 1.82) is 0 Å². The maximum atomic E-state index is 11.7. The highest BCUT2D eigenvalue weighted by molar-refractivity contribution is 5.72. The second-order valence-corrected chi connectivity index (χ2v) is 6.94. The van der Waals surface area contributed by atoms with Crippen LogP contribution < -0.4 is 5.73 Å². The van der Waals surface area contributed by atoms with E-state index in [1.807, 2.05) is 23.1 Å². The molecule has 2 rings (SSSR count). The Kier molecular flexibility index (Phi) is 6.90. The first kappa shape index (κ1) is 17.8. The lowest BCUT2D eigenvalue weighted by Crippen LogP contribution is -2.46. The van der Waals surface area contributed by atoms with Crippen molar-refractivity contribution in [1.82, 2.24) is 4.90 Å². The molecule has 0 heterocycles. The van der Waals surface area contributed by atoms with E-state index in [1.54, 1.807) is 0 Å². The van der Waals surface area contributed by atoms with E-state index in [0.717, 1.165) is 38.6 Å². The molecule has 1 aromatic carbocycles. The summed E-state index contributed by atoms with van der Waals surface area (Å²) in [6.45, 7) is 5.79. The number of hydrogen-bond donors (Lipinski definition) is 1. The maximum absolute atomic E-state index is 11.7. The lowest BCUT2D eigenvalue weighted by Gasteiger charge is -2.36. The molecule has 0 spiro atoms. The zero-order valence-electron chi connectivity index (χ0n) is 14.4. The van der Waals surface area contributed by atoms with Gasteiger partial charge < -0.3 is 15.4 Å². The van der Waals surface area contributed by atoms with Gasteiger partial charge in [0.05, 0.1) is 12.7 Å². The lowest BCUT2D eigenvalue weighted by atomic mass is 9.91. The van der Waals surface area contributed by atoms with E-state index in [9.17, 15) is 4.79 Å². The first-order chi connectivity index (χ1) is 11.1. The summed E-state index contributed by atoms with van der Waals surface area (Å²) in [4.78, 5) is 13.6. The number of carbonyl (C=O) groups excluding carboxylic acids is 1. The van der Waals surface area contributed by atoms with Gasteiger partial charge in [-0.15, -0.1) is 0 Å². The highest BCUT2D eigenvalue weighted by atomic mass is 16.5. The monoisotopic (exact) mass is 318 g/mol. The van der Waals surface area contributed by atoms with Crippen LogP contribution in [0.5, 0.6) is 0 Å². The summed E-state index contributed by atoms with van der Waals surface area (Å²) in [6.07, 6.45) is 5.28. The van der Waals surface area contributed by atoms with Crippen LogP contribution in [0.1, 0.15) is 51.5 Å². The first-order valence-corrected chi connectivity index (χ1v) is 8.78. The number of nitrogens with zero attached hydrogens (tertiary/aromatic N) is 1. The van der Waals surface area contributed by atoms with Crippen LogP contribution in [0.4, 0.5) is 4.79 Å². The van der Waals surface area contributed by atoms with Gasteiger partial charge in [-0.05, 0) is 43.6 Å². The number of carbonyl (C=O) groups is 1. The second-order valence-electron chi connectivity index (χ2n) is 6.94. The Morgan fingerprint density at radius 3 is 2.43 bits per heavy atom. The van der Waals surface area contributed by atoms with Gasteiger partial charge in [0, 0.05) is 12.6 Å². The number of urea groups is 1. The molecule has 4 nitrogen and oxygen atoms in total. The Labute approximate surface area is 140 Å². The Hall–Kier alpha value is -1.55. The minimum absolute atomic E-state index is 0.278. The van der Waals surface area contributed by atoms with Gasteiger partial charge in [0.1, 0.15) is 0 Å². The van der Waals surface area contributed by atoms with Crippen molar-refractivity contribution in [2.24, 2.45) is 11.7 Å². The van der Waals surface area contributed by atoms with Gasteiger partial charge >= 0.3 is 6.03 Å². The van der Waals surface area contributed by atoms with Gasteiger partial charge in [-0.3, -0.25) is 0 Å². The number of hydrogen-bond acceptors (Lipinski definition) is 2. The average molecular weight is 318 g/mol. The quantitative estimate of drug-likeness (QED) is 0.828.